The van der Waals surface area contributed by atoms with Crippen LogP contribution >= 0.6 is 33.6 Å². The quantitative estimate of drug-likeness (QED) is 0.0309. The SMILES string of the molecule is COCCCOP([O-])(=S)O[C@@H]1C[C@@H](OCCCCCCCC(=O)CO[C@@H]2OC(CO)[C@H](C)[C@H](O)C2C)OC1COP([O-])(=S)OCCCOP([O-])(=S)O[C@@H]1C[C@@H](OCCCCCCCC(=O)CO[C@@H]2OC(CO)[C@H](O)[C@H](O)C2C)OC1COP([O-])(=S)OCCCOP([O-])(=S)OC1C[C@@H](OCCCCCCCC(=O)CO[C@@H]2OC(CO)[C@H](O)[C@H](O)C2C)O[C@@H]1CO. The molecule has 29 atom stereocenters. The highest BCUT2D eigenvalue weighted by atomic mass is 32.5. The zero-order chi connectivity index (χ0) is 91.1. The van der Waals surface area contributed by atoms with Crippen molar-refractivity contribution in [2.24, 2.45) is 23.7 Å². The minimum Gasteiger partial charge on any atom is -0.780 e. The van der Waals surface area contributed by atoms with Gasteiger partial charge in [0.15, 0.2) is 55.1 Å². The van der Waals surface area contributed by atoms with E-state index in [0.717, 1.165) is 44.9 Å². The standard InChI is InChI=1S/C74H137O40P5S5/c1-48-58(39-75)109-72(49(2)67(48)82)96-43-52(79)24-15-10-7-13-19-29-94-65-37-56(113-118(90,123)101-31-21-27-92-5)62(107-65)46-104-116(88,121)100-33-23-35-103-119(91,124)114-57-38-66(95-30-20-14-8-11-17-26-54(81)45-98-74-51(4)69(84)71(86)61(42-78)111-74)108-63(57)47-105-115(87,120)99-32-22-34-102-117(89,122)112-55-36-64(106-59(55)40-76)93-28-18-12-6-9-16-25-53(80)44-97-73-50(3)68(83)70(85)60(41-77)110-73/h48-51,55-78,82-86H,6-47H2,1-5H3,(H,87,120)(H,88,121)(H,89,122)(H,90,123)(H,91,124)/p-5/t48-,49?,50?,51?,55?,56+,57+,58?,59+,60?,61?,62?,63?,64-,65-,66-,67-,68+,69+,70-,71-,72+,73+,74+,115?,116?,117?,118?,119?/m0/s1. The third-order valence-corrected chi connectivity index (χ3v) is 29.5. The summed E-state index contributed by atoms with van der Waals surface area (Å²) in [6.45, 7) is -18.6. The Balaban J connectivity index is 0.902. The Morgan fingerprint density at radius 2 is 0.597 bits per heavy atom. The predicted octanol–water partition coefficient (Wildman–Crippen LogP) is 1.67. The van der Waals surface area contributed by atoms with Crippen molar-refractivity contribution in [3.05, 3.63) is 0 Å². The van der Waals surface area contributed by atoms with Crippen LogP contribution in [0.2, 0.25) is 0 Å². The highest BCUT2D eigenvalue weighted by Gasteiger charge is 2.47. The minimum absolute atomic E-state index is 0.0304. The maximum absolute atomic E-state index is 13.8. The van der Waals surface area contributed by atoms with Gasteiger partial charge >= 0.3 is 0 Å². The summed E-state index contributed by atoms with van der Waals surface area (Å²) in [6, 6.07) is 0. The van der Waals surface area contributed by atoms with Crippen molar-refractivity contribution >= 4 is 110 Å². The molecule has 6 rings (SSSR count). The number of Topliss-reactive ketones (excluding diaryl/α,β-unsaturated/α-hetero) is 3. The fourth-order valence-electron chi connectivity index (χ4n) is 14.1. The molecule has 0 aromatic carbocycles. The average molecular weight is 1980 g/mol. The van der Waals surface area contributed by atoms with Crippen LogP contribution in [0.4, 0.5) is 0 Å². The number of aliphatic hydroxyl groups excluding tert-OH is 9. The van der Waals surface area contributed by atoms with Crippen molar-refractivity contribution in [3.8, 4) is 0 Å². The number of hydrogen-bond donors (Lipinski definition) is 9. The first-order valence-corrected chi connectivity index (χ1v) is 55.3. The molecule has 14 unspecified atom stereocenters. The molecule has 6 fully saturated rings. The Bertz CT molecular complexity index is 3270. The Morgan fingerprint density at radius 3 is 0.927 bits per heavy atom. The second kappa shape index (κ2) is 59.7. The molecule has 0 aromatic heterocycles. The predicted molar refractivity (Wildman–Crippen MR) is 448 cm³/mol. The molecule has 0 bridgehead atoms. The zero-order valence-electron chi connectivity index (χ0n) is 71.0. The second-order valence-corrected chi connectivity index (χ2v) is 45.1. The molecule has 0 aliphatic carbocycles. The third-order valence-electron chi connectivity index (χ3n) is 21.5. The number of hydrogen-bond acceptors (Lipinski definition) is 45. The highest BCUT2D eigenvalue weighted by molar-refractivity contribution is 8.07. The van der Waals surface area contributed by atoms with Crippen LogP contribution in [0, 0.1) is 23.7 Å². The number of carbonyl (C=O) groups is 3. The number of ketones is 3. The molecule has 6 aliphatic rings. The van der Waals surface area contributed by atoms with E-state index in [4.69, 9.17) is 166 Å². The van der Waals surface area contributed by atoms with E-state index in [1.807, 2.05) is 0 Å². The van der Waals surface area contributed by atoms with Gasteiger partial charge in [-0.05, 0) is 57.8 Å². The number of carbonyl (C=O) groups excluding carboxylic acids is 3. The topological polar surface area (TPSA) is 561 Å². The third kappa shape index (κ3) is 42.6. The van der Waals surface area contributed by atoms with Gasteiger partial charge < -0.3 is 177 Å². The van der Waals surface area contributed by atoms with Crippen LogP contribution in [0.5, 0.6) is 0 Å². The van der Waals surface area contributed by atoms with Crippen LogP contribution < -0.4 is 24.5 Å². The molecular weight excluding hydrogens is 1840 g/mol. The van der Waals surface area contributed by atoms with Gasteiger partial charge in [0.1, 0.15) is 96.1 Å². The van der Waals surface area contributed by atoms with Crippen LogP contribution in [0.1, 0.15) is 182 Å². The lowest BCUT2D eigenvalue weighted by molar-refractivity contribution is -0.280. The van der Waals surface area contributed by atoms with Gasteiger partial charge in [0.05, 0.1) is 115 Å². The first kappa shape index (κ1) is 114. The van der Waals surface area contributed by atoms with Gasteiger partial charge in [0.2, 0.25) is 0 Å². The molecule has 50 heteroatoms. The van der Waals surface area contributed by atoms with E-state index < -0.39 is 202 Å². The van der Waals surface area contributed by atoms with Crippen LogP contribution in [0.3, 0.4) is 0 Å². The Hall–Kier alpha value is 0.780. The van der Waals surface area contributed by atoms with E-state index in [-0.39, 0.29) is 147 Å². The summed E-state index contributed by atoms with van der Waals surface area (Å²) >= 11 is 26.0. The van der Waals surface area contributed by atoms with E-state index in [1.165, 1.54) is 7.11 Å². The fraction of sp³-hybridized carbons (Fsp3) is 0.959. The summed E-state index contributed by atoms with van der Waals surface area (Å²) in [5.74, 6) is -2.39. The summed E-state index contributed by atoms with van der Waals surface area (Å²) in [5, 5.41) is 89.9. The molecule has 6 aliphatic heterocycles. The molecule has 0 saturated carbocycles. The van der Waals surface area contributed by atoms with Crippen molar-refractivity contribution in [2.45, 2.75) is 305 Å². The smallest absolute Gasteiger partial charge is 0.163 e. The molecule has 728 valence electrons. The van der Waals surface area contributed by atoms with Gasteiger partial charge in [0, 0.05) is 95.7 Å². The van der Waals surface area contributed by atoms with Gasteiger partial charge in [-0.1, -0.05) is 145 Å². The molecule has 0 amide bonds. The summed E-state index contributed by atoms with van der Waals surface area (Å²) in [5.41, 5.74) is 0. The number of aliphatic hydroxyl groups is 9. The first-order valence-electron chi connectivity index (χ1n) is 42.5. The number of methoxy groups -OCH3 is 1. The molecule has 124 heavy (non-hydrogen) atoms. The van der Waals surface area contributed by atoms with Crippen LogP contribution in [-0.2, 0) is 180 Å². The molecule has 6 heterocycles. The van der Waals surface area contributed by atoms with Crippen LogP contribution in [-0.4, -0.2) is 313 Å². The molecule has 0 spiro atoms. The van der Waals surface area contributed by atoms with E-state index in [9.17, 15) is 84.8 Å². The summed E-state index contributed by atoms with van der Waals surface area (Å²) < 4.78 is 130. The van der Waals surface area contributed by atoms with E-state index in [1.54, 1.807) is 27.7 Å². The van der Waals surface area contributed by atoms with Gasteiger partial charge in [-0.25, -0.2) is 0 Å². The molecule has 0 radical (unpaired) electrons. The van der Waals surface area contributed by atoms with Crippen molar-refractivity contribution in [3.63, 3.8) is 0 Å². The van der Waals surface area contributed by atoms with Crippen molar-refractivity contribution < 1.29 is 192 Å². The highest BCUT2D eigenvalue weighted by Crippen LogP contribution is 2.49. The first-order chi connectivity index (χ1) is 58.9. The minimum atomic E-state index is -4.42. The lowest BCUT2D eigenvalue weighted by Crippen LogP contribution is -2.55. The Morgan fingerprint density at radius 1 is 0.315 bits per heavy atom. The lowest BCUT2D eigenvalue weighted by atomic mass is 9.86. The Labute approximate surface area is 751 Å². The monoisotopic (exact) mass is 1980 g/mol. The van der Waals surface area contributed by atoms with E-state index in [0.29, 0.717) is 77.4 Å². The van der Waals surface area contributed by atoms with Crippen molar-refractivity contribution in [1.29, 1.82) is 0 Å². The Kier molecular flexibility index (Phi) is 54.7. The van der Waals surface area contributed by atoms with Gasteiger partial charge in [-0.2, -0.15) is 0 Å². The largest absolute Gasteiger partial charge is 0.780 e. The fourth-order valence-corrected chi connectivity index (χ4v) is 21.0. The zero-order valence-corrected chi connectivity index (χ0v) is 79.6. The number of unbranched alkanes of at least 4 members (excludes halogenated alkanes) is 12. The van der Waals surface area contributed by atoms with Crippen molar-refractivity contribution in [2.75, 3.05) is 126 Å². The average Bonchev–Trinajstić information content (AvgIpc) is 1.43. The molecule has 0 aromatic rings. The normalized spacial score (nSPS) is 33.0. The number of ether oxygens (including phenoxy) is 13. The molecule has 40 nitrogen and oxygen atoms in total. The lowest BCUT2D eigenvalue weighted by Gasteiger charge is -2.41. The van der Waals surface area contributed by atoms with Crippen molar-refractivity contribution in [1.82, 2.24) is 0 Å². The van der Waals surface area contributed by atoms with Crippen LogP contribution in [0.15, 0.2) is 0 Å². The summed E-state index contributed by atoms with van der Waals surface area (Å²) in [6.07, 6.45) is -8.77. The second-order valence-electron chi connectivity index (χ2n) is 31.5. The van der Waals surface area contributed by atoms with Gasteiger partial charge in [-0.3, -0.25) is 14.4 Å². The molecular formula is C74H132O40P5S5-5. The van der Waals surface area contributed by atoms with E-state index in [2.05, 4.69) is 0 Å². The summed E-state index contributed by atoms with van der Waals surface area (Å²) in [4.78, 5) is 105. The van der Waals surface area contributed by atoms with Crippen LogP contribution in [0.25, 0.3) is 0 Å². The maximum atomic E-state index is 13.8. The number of rotatable bonds is 69. The molecule has 6 saturated heterocycles. The molecule has 9 N–H and O–H groups in total. The maximum Gasteiger partial charge on any atom is 0.163 e. The van der Waals surface area contributed by atoms with E-state index >= 15 is 0 Å². The van der Waals surface area contributed by atoms with Gasteiger partial charge in [0.25, 0.3) is 0 Å². The summed E-state index contributed by atoms with van der Waals surface area (Å²) in [7, 11) is 1.49. The van der Waals surface area contributed by atoms with Gasteiger partial charge in [-0.15, -0.1) is 0 Å².